The van der Waals surface area contributed by atoms with Crippen LogP contribution in [0.1, 0.15) is 40.2 Å². The third-order valence-electron chi connectivity index (χ3n) is 5.46. The zero-order valence-electron chi connectivity index (χ0n) is 16.6. The van der Waals surface area contributed by atoms with Gasteiger partial charge < -0.3 is 19.7 Å². The second-order valence-corrected chi connectivity index (χ2v) is 7.54. The maximum atomic E-state index is 13.0. The van der Waals surface area contributed by atoms with Crippen LogP contribution in [-0.4, -0.2) is 52.9 Å². The number of hydrogen-bond acceptors (Lipinski definition) is 6. The molecule has 28 heavy (non-hydrogen) atoms. The van der Waals surface area contributed by atoms with Crippen LogP contribution in [0.15, 0.2) is 24.3 Å². The largest absolute Gasteiger partial charge is 0.347 e. The summed E-state index contributed by atoms with van der Waals surface area (Å²) in [5.41, 5.74) is 4.48. The molecule has 0 saturated carbocycles. The van der Waals surface area contributed by atoms with Crippen molar-refractivity contribution in [2.24, 2.45) is 0 Å². The van der Waals surface area contributed by atoms with Crippen molar-refractivity contribution in [2.45, 2.75) is 39.4 Å². The molecule has 2 aliphatic rings. The molecule has 0 bridgehead atoms. The molecule has 2 fully saturated rings. The van der Waals surface area contributed by atoms with Crippen molar-refractivity contribution < 1.29 is 14.3 Å². The number of aryl methyl sites for hydroxylation is 3. The standard InChI is InChI=1S/C21H26N4O3/c1-14-4-5-17(12-15(14)2)23-20-22-16(3)13-18(24-20)19(26)25-8-6-21(7-9-25)27-10-11-28-21/h4-5,12-13H,6-11H2,1-3H3,(H,22,23,24). The summed E-state index contributed by atoms with van der Waals surface area (Å²) in [5, 5.41) is 3.22. The van der Waals surface area contributed by atoms with E-state index >= 15 is 0 Å². The highest BCUT2D eigenvalue weighted by molar-refractivity contribution is 5.92. The van der Waals surface area contributed by atoms with Crippen molar-refractivity contribution in [3.8, 4) is 0 Å². The summed E-state index contributed by atoms with van der Waals surface area (Å²) < 4.78 is 11.5. The van der Waals surface area contributed by atoms with Gasteiger partial charge in [-0.15, -0.1) is 0 Å². The van der Waals surface area contributed by atoms with E-state index in [4.69, 9.17) is 9.47 Å². The number of benzene rings is 1. The van der Waals surface area contributed by atoms with Crippen LogP contribution in [0.3, 0.4) is 0 Å². The van der Waals surface area contributed by atoms with Gasteiger partial charge in [-0.1, -0.05) is 6.07 Å². The molecule has 3 heterocycles. The Morgan fingerprint density at radius 2 is 1.75 bits per heavy atom. The van der Waals surface area contributed by atoms with E-state index in [1.165, 1.54) is 11.1 Å². The molecule has 0 radical (unpaired) electrons. The van der Waals surface area contributed by atoms with E-state index in [2.05, 4.69) is 35.2 Å². The Labute approximate surface area is 165 Å². The van der Waals surface area contributed by atoms with E-state index in [0.717, 1.165) is 11.4 Å². The Morgan fingerprint density at radius 1 is 1.04 bits per heavy atom. The molecule has 7 heteroatoms. The Hall–Kier alpha value is -2.51. The van der Waals surface area contributed by atoms with Crippen LogP contribution >= 0.6 is 0 Å². The molecule has 1 spiro atoms. The second-order valence-electron chi connectivity index (χ2n) is 7.54. The lowest BCUT2D eigenvalue weighted by atomic mass is 10.0. The van der Waals surface area contributed by atoms with Crippen LogP contribution in [0, 0.1) is 20.8 Å². The number of nitrogens with zero attached hydrogens (tertiary/aromatic N) is 3. The molecular formula is C21H26N4O3. The van der Waals surface area contributed by atoms with Gasteiger partial charge in [0.05, 0.1) is 13.2 Å². The fourth-order valence-electron chi connectivity index (χ4n) is 3.68. The van der Waals surface area contributed by atoms with Crippen molar-refractivity contribution in [3.63, 3.8) is 0 Å². The Bertz CT molecular complexity index is 883. The quantitative estimate of drug-likeness (QED) is 0.879. The summed E-state index contributed by atoms with van der Waals surface area (Å²) in [6.45, 7) is 8.47. The average molecular weight is 382 g/mol. The summed E-state index contributed by atoms with van der Waals surface area (Å²) in [7, 11) is 0. The predicted molar refractivity (Wildman–Crippen MR) is 106 cm³/mol. The van der Waals surface area contributed by atoms with Crippen LogP contribution < -0.4 is 5.32 Å². The smallest absolute Gasteiger partial charge is 0.272 e. The molecule has 0 unspecified atom stereocenters. The van der Waals surface area contributed by atoms with Gasteiger partial charge in [-0.3, -0.25) is 4.79 Å². The molecule has 4 rings (SSSR count). The number of aromatic nitrogens is 2. The zero-order chi connectivity index (χ0) is 19.7. The number of carbonyl (C=O) groups excluding carboxylic acids is 1. The average Bonchev–Trinajstić information content (AvgIpc) is 3.12. The van der Waals surface area contributed by atoms with Gasteiger partial charge in [0.1, 0.15) is 5.69 Å². The van der Waals surface area contributed by atoms with Crippen molar-refractivity contribution in [1.82, 2.24) is 14.9 Å². The first kappa shape index (κ1) is 18.8. The molecule has 0 aliphatic carbocycles. The lowest BCUT2D eigenvalue weighted by molar-refractivity contribution is -0.181. The van der Waals surface area contributed by atoms with E-state index in [-0.39, 0.29) is 5.91 Å². The monoisotopic (exact) mass is 382 g/mol. The molecule has 1 amide bonds. The number of anilines is 2. The van der Waals surface area contributed by atoms with Crippen LogP contribution in [-0.2, 0) is 9.47 Å². The first-order valence-corrected chi connectivity index (χ1v) is 9.71. The lowest BCUT2D eigenvalue weighted by Gasteiger charge is -2.37. The first-order chi connectivity index (χ1) is 13.4. The number of amides is 1. The van der Waals surface area contributed by atoms with Gasteiger partial charge in [0.2, 0.25) is 5.95 Å². The molecule has 1 aromatic heterocycles. The van der Waals surface area contributed by atoms with Gasteiger partial charge in [-0.25, -0.2) is 9.97 Å². The molecule has 7 nitrogen and oxygen atoms in total. The van der Waals surface area contributed by atoms with Crippen LogP contribution in [0.4, 0.5) is 11.6 Å². The minimum absolute atomic E-state index is 0.0820. The number of nitrogens with one attached hydrogen (secondary N) is 1. The molecule has 0 atom stereocenters. The van der Waals surface area contributed by atoms with Crippen molar-refractivity contribution >= 4 is 17.5 Å². The molecule has 2 saturated heterocycles. The summed E-state index contributed by atoms with van der Waals surface area (Å²) in [5.74, 6) is -0.141. The maximum Gasteiger partial charge on any atom is 0.272 e. The third-order valence-corrected chi connectivity index (χ3v) is 5.46. The highest BCUT2D eigenvalue weighted by atomic mass is 16.7. The van der Waals surface area contributed by atoms with E-state index in [0.29, 0.717) is 50.8 Å². The predicted octanol–water partition coefficient (Wildman–Crippen LogP) is 3.12. The van der Waals surface area contributed by atoms with Gasteiger partial charge in [-0.05, 0) is 50.1 Å². The van der Waals surface area contributed by atoms with E-state index < -0.39 is 5.79 Å². The topological polar surface area (TPSA) is 76.6 Å². The molecule has 148 valence electrons. The number of ether oxygens (including phenoxy) is 2. The zero-order valence-corrected chi connectivity index (χ0v) is 16.6. The fourth-order valence-corrected chi connectivity index (χ4v) is 3.68. The number of carbonyl (C=O) groups is 1. The van der Waals surface area contributed by atoms with Crippen molar-refractivity contribution in [2.75, 3.05) is 31.6 Å². The summed E-state index contributed by atoms with van der Waals surface area (Å²) in [4.78, 5) is 23.7. The van der Waals surface area contributed by atoms with Gasteiger partial charge in [0.15, 0.2) is 5.79 Å². The number of hydrogen-bond donors (Lipinski definition) is 1. The minimum atomic E-state index is -0.492. The minimum Gasteiger partial charge on any atom is -0.347 e. The Morgan fingerprint density at radius 3 is 2.43 bits per heavy atom. The van der Waals surface area contributed by atoms with E-state index in [9.17, 15) is 4.79 Å². The number of piperidine rings is 1. The highest BCUT2D eigenvalue weighted by Crippen LogP contribution is 2.31. The SMILES string of the molecule is Cc1cc(C(=O)N2CCC3(CC2)OCCO3)nc(Nc2ccc(C)c(C)c2)n1. The van der Waals surface area contributed by atoms with Gasteiger partial charge in [0.25, 0.3) is 5.91 Å². The molecule has 1 aromatic carbocycles. The van der Waals surface area contributed by atoms with E-state index in [1.54, 1.807) is 6.07 Å². The molecule has 2 aromatic rings. The Kier molecular flexibility index (Phi) is 5.03. The molecule has 1 N–H and O–H groups in total. The van der Waals surface area contributed by atoms with Crippen LogP contribution in [0.25, 0.3) is 0 Å². The molecular weight excluding hydrogens is 356 g/mol. The lowest BCUT2D eigenvalue weighted by Crippen LogP contribution is -2.47. The maximum absolute atomic E-state index is 13.0. The first-order valence-electron chi connectivity index (χ1n) is 9.71. The van der Waals surface area contributed by atoms with Crippen molar-refractivity contribution in [3.05, 3.63) is 46.8 Å². The normalized spacial score (nSPS) is 18.5. The fraction of sp³-hybridized carbons (Fsp3) is 0.476. The van der Waals surface area contributed by atoms with Crippen LogP contribution in [0.2, 0.25) is 0 Å². The summed E-state index contributed by atoms with van der Waals surface area (Å²) in [6, 6.07) is 7.83. The molecule has 2 aliphatic heterocycles. The second kappa shape index (κ2) is 7.48. The van der Waals surface area contributed by atoms with E-state index in [1.807, 2.05) is 24.0 Å². The number of likely N-dealkylation sites (tertiary alicyclic amines) is 1. The van der Waals surface area contributed by atoms with Gasteiger partial charge in [-0.2, -0.15) is 0 Å². The van der Waals surface area contributed by atoms with Crippen molar-refractivity contribution in [1.29, 1.82) is 0 Å². The van der Waals surface area contributed by atoms with Gasteiger partial charge in [0, 0.05) is 37.3 Å². The summed E-state index contributed by atoms with van der Waals surface area (Å²) >= 11 is 0. The highest BCUT2D eigenvalue weighted by Gasteiger charge is 2.41. The van der Waals surface area contributed by atoms with Crippen LogP contribution in [0.5, 0.6) is 0 Å². The third kappa shape index (κ3) is 3.86. The summed E-state index contributed by atoms with van der Waals surface area (Å²) in [6.07, 6.45) is 1.38. The number of rotatable bonds is 3. The Balaban J connectivity index is 1.48. The van der Waals surface area contributed by atoms with Gasteiger partial charge >= 0.3 is 0 Å².